The molecule has 1 unspecified atom stereocenters. The highest BCUT2D eigenvalue weighted by Crippen LogP contribution is 2.29. The fraction of sp³-hybridized carbons (Fsp3) is 0.519. The van der Waals surface area contributed by atoms with Crippen LogP contribution in [0.25, 0.3) is 11.0 Å². The summed E-state index contributed by atoms with van der Waals surface area (Å²) in [5.74, 6) is 0. The van der Waals surface area contributed by atoms with Crippen molar-refractivity contribution in [2.75, 3.05) is 13.2 Å². The van der Waals surface area contributed by atoms with Crippen molar-refractivity contribution in [3.63, 3.8) is 0 Å². The lowest BCUT2D eigenvalue weighted by Gasteiger charge is -2.22. The Morgan fingerprint density at radius 1 is 1.14 bits per heavy atom. The van der Waals surface area contributed by atoms with Gasteiger partial charge in [0.25, 0.3) is 0 Å². The number of nitrogens with one attached hydrogen (secondary N) is 1. The normalized spacial score (nSPS) is 16.1. The Balaban J connectivity index is 1.50. The lowest BCUT2D eigenvalue weighted by Crippen LogP contribution is -2.32. The van der Waals surface area contributed by atoms with E-state index in [1.807, 2.05) is 24.7 Å². The third-order valence-corrected chi connectivity index (χ3v) is 9.55. The summed E-state index contributed by atoms with van der Waals surface area (Å²) in [4.78, 5) is 5.47. The van der Waals surface area contributed by atoms with Crippen LogP contribution < -0.4 is 4.72 Å². The van der Waals surface area contributed by atoms with Crippen molar-refractivity contribution in [2.24, 2.45) is 0 Å². The lowest BCUT2D eigenvalue weighted by atomic mass is 10.1. The Labute approximate surface area is 213 Å². The summed E-state index contributed by atoms with van der Waals surface area (Å²) < 4.78 is 30.8. The van der Waals surface area contributed by atoms with E-state index in [0.717, 1.165) is 58.1 Å². The molecule has 1 fully saturated rings. The zero-order valence-electron chi connectivity index (χ0n) is 21.9. The molecule has 35 heavy (non-hydrogen) atoms. The maximum atomic E-state index is 13.4. The number of nitrogens with zero attached hydrogens (tertiary/aromatic N) is 2. The molecule has 2 atom stereocenters. The van der Waals surface area contributed by atoms with Crippen LogP contribution in [0.2, 0.25) is 25.7 Å². The Morgan fingerprint density at radius 3 is 2.51 bits per heavy atom. The number of hydrogen-bond acceptors (Lipinski definition) is 5. The van der Waals surface area contributed by atoms with Crippen molar-refractivity contribution >= 4 is 30.5 Å². The molecule has 1 saturated carbocycles. The molecule has 0 spiro atoms. The van der Waals surface area contributed by atoms with E-state index in [1.165, 1.54) is 5.56 Å². The fourth-order valence-electron chi connectivity index (χ4n) is 4.25. The Hall–Kier alpha value is -1.68. The number of rotatable bonds is 12. The summed E-state index contributed by atoms with van der Waals surface area (Å²) in [7, 11) is -1.11. The van der Waals surface area contributed by atoms with Crippen molar-refractivity contribution in [1.29, 1.82) is 0 Å². The van der Waals surface area contributed by atoms with Gasteiger partial charge in [-0.15, -0.1) is 4.72 Å². The Morgan fingerprint density at radius 2 is 1.86 bits per heavy atom. The van der Waals surface area contributed by atoms with E-state index in [9.17, 15) is 4.55 Å². The van der Waals surface area contributed by atoms with Gasteiger partial charge in [0.2, 0.25) is 0 Å². The van der Waals surface area contributed by atoms with E-state index >= 15 is 0 Å². The van der Waals surface area contributed by atoms with E-state index in [4.69, 9.17) is 9.47 Å². The van der Waals surface area contributed by atoms with Crippen LogP contribution in [-0.4, -0.2) is 41.5 Å². The number of benzene rings is 2. The van der Waals surface area contributed by atoms with E-state index < -0.39 is 19.4 Å². The van der Waals surface area contributed by atoms with Gasteiger partial charge in [0.1, 0.15) is 12.8 Å². The van der Waals surface area contributed by atoms with Crippen molar-refractivity contribution in [1.82, 2.24) is 14.3 Å². The van der Waals surface area contributed by atoms with E-state index in [-0.39, 0.29) is 6.04 Å². The largest absolute Gasteiger partial charge is 0.593 e. The van der Waals surface area contributed by atoms with Gasteiger partial charge < -0.3 is 18.6 Å². The molecule has 1 N–H and O–H groups in total. The van der Waals surface area contributed by atoms with E-state index in [2.05, 4.69) is 66.6 Å². The molecule has 3 aromatic rings. The average molecular weight is 514 g/mol. The van der Waals surface area contributed by atoms with Crippen molar-refractivity contribution in [3.05, 3.63) is 58.9 Å². The Kier molecular flexibility index (Phi) is 8.40. The minimum Gasteiger partial charge on any atom is -0.593 e. The number of ether oxygens (including phenoxy) is 2. The molecule has 1 aliphatic rings. The fourth-order valence-corrected chi connectivity index (χ4v) is 6.29. The average Bonchev–Trinajstić information content (AvgIpc) is 3.51. The molecule has 1 aromatic heterocycles. The second kappa shape index (κ2) is 11.1. The first-order valence-corrected chi connectivity index (χ1v) is 17.4. The summed E-state index contributed by atoms with van der Waals surface area (Å²) >= 11 is -1.35. The van der Waals surface area contributed by atoms with Gasteiger partial charge in [-0.2, -0.15) is 0 Å². The zero-order chi connectivity index (χ0) is 25.2. The second-order valence-electron chi connectivity index (χ2n) is 11.0. The number of aryl methyl sites for hydroxylation is 3. The van der Waals surface area contributed by atoms with Crippen molar-refractivity contribution in [2.45, 2.75) is 83.1 Å². The van der Waals surface area contributed by atoms with Crippen LogP contribution in [0.15, 0.2) is 41.6 Å². The van der Waals surface area contributed by atoms with Gasteiger partial charge in [0.05, 0.1) is 41.4 Å². The van der Waals surface area contributed by atoms with Gasteiger partial charge in [0.15, 0.2) is 4.90 Å². The third kappa shape index (κ3) is 7.18. The summed E-state index contributed by atoms with van der Waals surface area (Å²) in [5, 5.41) is 0. The van der Waals surface area contributed by atoms with Crippen LogP contribution in [0, 0.1) is 20.8 Å². The number of fused-ring (bicyclic) bond motifs is 1. The summed E-state index contributed by atoms with van der Waals surface area (Å²) in [6.45, 7) is 14.9. The molecule has 1 aliphatic carbocycles. The predicted octanol–water partition coefficient (Wildman–Crippen LogP) is 5.81. The smallest absolute Gasteiger partial charge is 0.179 e. The summed E-state index contributed by atoms with van der Waals surface area (Å²) in [6, 6.07) is 11.4. The number of aromatic nitrogens is 2. The Bertz CT molecular complexity index is 1130. The standard InChI is InChI=1S/C27H39N3O3SSi/c1-19-13-20(2)27(21(3)14-19)34(31)29-25(16-33-23-8-9-23)22-7-10-26-24(15-22)28-17-30(26)18-32-11-12-35(4,5)6/h7,10,13-15,17,23,25,29H,8-9,11-12,16,18H2,1-6H3/t25-,34?/m1/s1. The van der Waals surface area contributed by atoms with E-state index in [0.29, 0.717) is 19.4 Å². The van der Waals surface area contributed by atoms with Crippen LogP contribution in [0.4, 0.5) is 0 Å². The molecule has 190 valence electrons. The minimum absolute atomic E-state index is 0.195. The van der Waals surface area contributed by atoms with Crippen LogP contribution in [0.5, 0.6) is 0 Å². The van der Waals surface area contributed by atoms with Gasteiger partial charge >= 0.3 is 0 Å². The monoisotopic (exact) mass is 513 g/mol. The second-order valence-corrected chi connectivity index (χ2v) is 17.8. The van der Waals surface area contributed by atoms with Gasteiger partial charge in [-0.05, 0) is 57.4 Å². The predicted molar refractivity (Wildman–Crippen MR) is 146 cm³/mol. The van der Waals surface area contributed by atoms with Crippen molar-refractivity contribution in [3.8, 4) is 0 Å². The molecule has 2 aromatic carbocycles. The third-order valence-electron chi connectivity index (χ3n) is 6.34. The van der Waals surface area contributed by atoms with Crippen LogP contribution >= 0.6 is 0 Å². The van der Waals surface area contributed by atoms with Gasteiger partial charge in [-0.25, -0.2) is 4.98 Å². The summed E-state index contributed by atoms with van der Waals surface area (Å²) in [5.41, 5.74) is 6.23. The highest BCUT2D eigenvalue weighted by molar-refractivity contribution is 7.89. The molecule has 4 rings (SSSR count). The molecule has 0 saturated heterocycles. The topological polar surface area (TPSA) is 71.4 Å². The highest BCUT2D eigenvalue weighted by Gasteiger charge is 2.28. The summed E-state index contributed by atoms with van der Waals surface area (Å²) in [6.07, 6.45) is 4.37. The zero-order valence-corrected chi connectivity index (χ0v) is 23.7. The quantitative estimate of drug-likeness (QED) is 0.188. The molecule has 0 bridgehead atoms. The molecule has 0 aliphatic heterocycles. The van der Waals surface area contributed by atoms with Gasteiger partial charge in [0, 0.05) is 25.8 Å². The molecular formula is C27H39N3O3SSi. The van der Waals surface area contributed by atoms with E-state index in [1.54, 1.807) is 0 Å². The molecule has 6 nitrogen and oxygen atoms in total. The maximum absolute atomic E-state index is 13.4. The van der Waals surface area contributed by atoms with Crippen LogP contribution in [-0.2, 0) is 27.6 Å². The number of imidazole rings is 1. The lowest BCUT2D eigenvalue weighted by molar-refractivity contribution is 0.0898. The molecule has 8 heteroatoms. The van der Waals surface area contributed by atoms with Gasteiger partial charge in [-0.1, -0.05) is 43.4 Å². The molecule has 0 amide bonds. The first-order valence-electron chi connectivity index (χ1n) is 12.5. The molecule has 1 heterocycles. The van der Waals surface area contributed by atoms with Gasteiger partial charge in [-0.3, -0.25) is 0 Å². The minimum atomic E-state index is -1.35. The first kappa shape index (κ1) is 26.4. The number of hydrogen-bond donors (Lipinski definition) is 1. The highest BCUT2D eigenvalue weighted by atomic mass is 32.2. The first-order chi connectivity index (χ1) is 16.6. The van der Waals surface area contributed by atoms with Crippen LogP contribution in [0.1, 0.15) is 41.1 Å². The maximum Gasteiger partial charge on any atom is 0.179 e. The van der Waals surface area contributed by atoms with Crippen LogP contribution in [0.3, 0.4) is 0 Å². The molecule has 0 radical (unpaired) electrons. The molecular weight excluding hydrogens is 474 g/mol. The SMILES string of the molecule is Cc1cc(C)c([S+]([O-])N[C@H](COC2CC2)c2ccc3c(c2)ncn3COCC[Si](C)(C)C)c(C)c1. The van der Waals surface area contributed by atoms with Crippen molar-refractivity contribution < 1.29 is 14.0 Å².